The number of carbonyl (C=O) groups excluding carboxylic acids is 2. The Morgan fingerprint density at radius 1 is 1.00 bits per heavy atom. The van der Waals surface area contributed by atoms with Crippen LogP contribution in [0, 0.1) is 5.92 Å². The number of hydrogen-bond donors (Lipinski definition) is 3. The minimum absolute atomic E-state index is 0.126. The maximum Gasteiger partial charge on any atom is 0.317 e. The average molecular weight is 492 g/mol. The molecule has 0 unspecified atom stereocenters. The van der Waals surface area contributed by atoms with Crippen molar-refractivity contribution in [2.45, 2.75) is 63.5 Å². The van der Waals surface area contributed by atoms with Gasteiger partial charge in [-0.1, -0.05) is 24.4 Å². The van der Waals surface area contributed by atoms with Crippen molar-refractivity contribution in [1.82, 2.24) is 20.4 Å². The van der Waals surface area contributed by atoms with Crippen LogP contribution in [0.1, 0.15) is 61.7 Å². The standard InChI is InChI=1S/C25H38ClN5O3/c1-34-23-15-22(27)21(26)14-20(23)24(32)28-19-8-10-30(11-9-19)16-17-6-12-31(13-7-17)25(33)29-18-4-2-3-5-18/h14-15,17-19H,2-13,16,27H2,1H3,(H,28,32)(H,29,33). The maximum absolute atomic E-state index is 12.8. The number of likely N-dealkylation sites (tertiary alicyclic amines) is 2. The molecule has 2 aliphatic heterocycles. The third-order valence-corrected chi connectivity index (χ3v) is 7.91. The molecule has 9 heteroatoms. The number of methoxy groups -OCH3 is 1. The van der Waals surface area contributed by atoms with Crippen molar-refractivity contribution in [2.24, 2.45) is 5.92 Å². The Kier molecular flexibility index (Phi) is 8.42. The predicted molar refractivity (Wildman–Crippen MR) is 134 cm³/mol. The van der Waals surface area contributed by atoms with Gasteiger partial charge in [-0.2, -0.15) is 0 Å². The first-order valence-corrected chi connectivity index (χ1v) is 13.0. The van der Waals surface area contributed by atoms with Gasteiger partial charge in [0.05, 0.1) is 23.4 Å². The minimum Gasteiger partial charge on any atom is -0.496 e. The van der Waals surface area contributed by atoms with Gasteiger partial charge >= 0.3 is 6.03 Å². The summed E-state index contributed by atoms with van der Waals surface area (Å²) in [4.78, 5) is 29.8. The first kappa shape index (κ1) is 24.9. The summed E-state index contributed by atoms with van der Waals surface area (Å²) in [5, 5.41) is 6.69. The summed E-state index contributed by atoms with van der Waals surface area (Å²) < 4.78 is 5.31. The monoisotopic (exact) mass is 491 g/mol. The van der Waals surface area contributed by atoms with Crippen LogP contribution in [-0.4, -0.2) is 73.7 Å². The molecule has 1 aromatic rings. The van der Waals surface area contributed by atoms with Crippen LogP contribution in [0.5, 0.6) is 5.75 Å². The summed E-state index contributed by atoms with van der Waals surface area (Å²) in [7, 11) is 1.52. The van der Waals surface area contributed by atoms with Gasteiger partial charge in [-0.25, -0.2) is 4.79 Å². The van der Waals surface area contributed by atoms with Crippen LogP contribution in [0.25, 0.3) is 0 Å². The number of rotatable bonds is 6. The molecule has 0 spiro atoms. The SMILES string of the molecule is COc1cc(N)c(Cl)cc1C(=O)NC1CCN(CC2CCN(C(=O)NC3CCCC3)CC2)CC1. The number of benzene rings is 1. The molecule has 3 amide bonds. The number of nitrogens with two attached hydrogens (primary N) is 1. The molecule has 1 aliphatic carbocycles. The number of urea groups is 1. The van der Waals surface area contributed by atoms with E-state index in [1.165, 1.54) is 20.0 Å². The highest BCUT2D eigenvalue weighted by atomic mass is 35.5. The fraction of sp³-hybridized carbons (Fsp3) is 0.680. The Morgan fingerprint density at radius 2 is 1.65 bits per heavy atom. The second kappa shape index (κ2) is 11.5. The van der Waals surface area contributed by atoms with Crippen LogP contribution in [0.4, 0.5) is 10.5 Å². The molecule has 1 saturated carbocycles. The van der Waals surface area contributed by atoms with Gasteiger partial charge in [0.1, 0.15) is 5.75 Å². The topological polar surface area (TPSA) is 99.9 Å². The quantitative estimate of drug-likeness (QED) is 0.529. The van der Waals surface area contributed by atoms with Crippen molar-refractivity contribution in [3.8, 4) is 5.75 Å². The van der Waals surface area contributed by atoms with Crippen molar-refractivity contribution >= 4 is 29.2 Å². The van der Waals surface area contributed by atoms with Gasteiger partial charge in [0, 0.05) is 50.9 Å². The normalized spacial score (nSPS) is 20.9. The molecule has 188 valence electrons. The molecule has 4 N–H and O–H groups in total. The van der Waals surface area contributed by atoms with E-state index in [4.69, 9.17) is 22.1 Å². The molecule has 0 bridgehead atoms. The van der Waals surface area contributed by atoms with Crippen LogP contribution >= 0.6 is 11.6 Å². The number of hydrogen-bond acceptors (Lipinski definition) is 5. The lowest BCUT2D eigenvalue weighted by Crippen LogP contribution is -2.49. The first-order chi connectivity index (χ1) is 16.4. The van der Waals surface area contributed by atoms with Crippen molar-refractivity contribution in [3.63, 3.8) is 0 Å². The van der Waals surface area contributed by atoms with E-state index in [-0.39, 0.29) is 18.0 Å². The van der Waals surface area contributed by atoms with E-state index in [1.54, 1.807) is 12.1 Å². The lowest BCUT2D eigenvalue weighted by Gasteiger charge is -2.38. The first-order valence-electron chi connectivity index (χ1n) is 12.6. The van der Waals surface area contributed by atoms with Gasteiger partial charge in [-0.05, 0) is 50.5 Å². The number of amides is 3. The summed E-state index contributed by atoms with van der Waals surface area (Å²) >= 11 is 6.11. The molecule has 4 rings (SSSR count). The molecule has 2 saturated heterocycles. The summed E-state index contributed by atoms with van der Waals surface area (Å²) in [5.74, 6) is 0.878. The van der Waals surface area contributed by atoms with Crippen LogP contribution < -0.4 is 21.1 Å². The van der Waals surface area contributed by atoms with Crippen molar-refractivity contribution < 1.29 is 14.3 Å². The zero-order valence-corrected chi connectivity index (χ0v) is 20.9. The van der Waals surface area contributed by atoms with E-state index >= 15 is 0 Å². The Balaban J connectivity index is 1.17. The largest absolute Gasteiger partial charge is 0.496 e. The lowest BCUT2D eigenvalue weighted by molar-refractivity contribution is 0.0891. The third-order valence-electron chi connectivity index (χ3n) is 7.59. The number of nitrogen functional groups attached to an aromatic ring is 1. The summed E-state index contributed by atoms with van der Waals surface area (Å²) in [6.07, 6.45) is 8.67. The number of anilines is 1. The molecule has 0 aromatic heterocycles. The highest BCUT2D eigenvalue weighted by Crippen LogP contribution is 2.29. The van der Waals surface area contributed by atoms with Crippen molar-refractivity contribution in [3.05, 3.63) is 22.7 Å². The van der Waals surface area contributed by atoms with Gasteiger partial charge in [0.15, 0.2) is 0 Å². The minimum atomic E-state index is -0.180. The van der Waals surface area contributed by atoms with Crippen LogP contribution in [0.3, 0.4) is 0 Å². The Bertz CT molecular complexity index is 860. The third kappa shape index (κ3) is 6.27. The van der Waals surface area contributed by atoms with Gasteiger partial charge < -0.3 is 30.9 Å². The van der Waals surface area contributed by atoms with E-state index in [1.807, 2.05) is 4.90 Å². The van der Waals surface area contributed by atoms with Gasteiger partial charge in [0.2, 0.25) is 0 Å². The zero-order chi connectivity index (χ0) is 24.1. The fourth-order valence-corrected chi connectivity index (χ4v) is 5.62. The van der Waals surface area contributed by atoms with Gasteiger partial charge in [-0.3, -0.25) is 4.79 Å². The number of nitrogens with one attached hydrogen (secondary N) is 2. The summed E-state index contributed by atoms with van der Waals surface area (Å²) in [6, 6.07) is 3.79. The zero-order valence-electron chi connectivity index (χ0n) is 20.2. The smallest absolute Gasteiger partial charge is 0.317 e. The number of nitrogens with zero attached hydrogens (tertiary/aromatic N) is 2. The Hall–Kier alpha value is -2.19. The molecule has 3 fully saturated rings. The fourth-order valence-electron chi connectivity index (χ4n) is 5.46. The Labute approximate surface area is 207 Å². The molecule has 0 radical (unpaired) electrons. The summed E-state index contributed by atoms with van der Waals surface area (Å²) in [5.41, 5.74) is 6.63. The predicted octanol–water partition coefficient (Wildman–Crippen LogP) is 3.49. The number of ether oxygens (including phenoxy) is 1. The molecule has 0 atom stereocenters. The molecule has 8 nitrogen and oxygen atoms in total. The van der Waals surface area contributed by atoms with E-state index in [2.05, 4.69) is 15.5 Å². The number of halogens is 1. The van der Waals surface area contributed by atoms with E-state index in [9.17, 15) is 9.59 Å². The second-order valence-corrected chi connectivity index (χ2v) is 10.4. The van der Waals surface area contributed by atoms with Gasteiger partial charge in [0.25, 0.3) is 5.91 Å². The van der Waals surface area contributed by atoms with E-state index in [0.29, 0.717) is 34.0 Å². The Morgan fingerprint density at radius 3 is 2.29 bits per heavy atom. The van der Waals surface area contributed by atoms with Crippen molar-refractivity contribution in [2.75, 3.05) is 45.6 Å². The van der Waals surface area contributed by atoms with Crippen LogP contribution in [0.15, 0.2) is 12.1 Å². The number of carbonyl (C=O) groups is 2. The highest BCUT2D eigenvalue weighted by molar-refractivity contribution is 6.33. The molecule has 3 aliphatic rings. The molecule has 34 heavy (non-hydrogen) atoms. The van der Waals surface area contributed by atoms with E-state index < -0.39 is 0 Å². The lowest BCUT2D eigenvalue weighted by atomic mass is 9.94. The van der Waals surface area contributed by atoms with Gasteiger partial charge in [-0.15, -0.1) is 0 Å². The second-order valence-electron chi connectivity index (χ2n) is 9.98. The number of piperidine rings is 2. The molecule has 1 aromatic carbocycles. The highest BCUT2D eigenvalue weighted by Gasteiger charge is 2.28. The maximum atomic E-state index is 12.8. The van der Waals surface area contributed by atoms with Crippen molar-refractivity contribution in [1.29, 1.82) is 0 Å². The molecular weight excluding hydrogens is 454 g/mol. The molecular formula is C25H38ClN5O3. The van der Waals surface area contributed by atoms with E-state index in [0.717, 1.165) is 71.2 Å². The van der Waals surface area contributed by atoms with Crippen LogP contribution in [0.2, 0.25) is 5.02 Å². The summed E-state index contributed by atoms with van der Waals surface area (Å²) in [6.45, 7) is 4.70. The average Bonchev–Trinajstić information content (AvgIpc) is 3.35. The van der Waals surface area contributed by atoms with Crippen LogP contribution in [-0.2, 0) is 0 Å². The molecule has 2 heterocycles.